The summed E-state index contributed by atoms with van der Waals surface area (Å²) in [5, 5.41) is 10.5. The van der Waals surface area contributed by atoms with E-state index in [9.17, 15) is 13.9 Å². The lowest BCUT2D eigenvalue weighted by atomic mass is 10.00. The highest BCUT2D eigenvalue weighted by Crippen LogP contribution is 2.37. The highest BCUT2D eigenvalue weighted by molar-refractivity contribution is 9.10. The lowest BCUT2D eigenvalue weighted by Gasteiger charge is -2.16. The van der Waals surface area contributed by atoms with Gasteiger partial charge in [0, 0.05) is 16.1 Å². The molecule has 1 unspecified atom stereocenters. The van der Waals surface area contributed by atoms with E-state index in [0.717, 1.165) is 12.1 Å². The standard InChI is InChI=1S/C14H9BrCl2F2O2/c1-21-12-5-8(16)7(4-9(12)17)14(20)13-10(18)2-6(15)3-11(13)19/h2-5,14,20H,1H3. The fourth-order valence-electron chi connectivity index (χ4n) is 1.88. The van der Waals surface area contributed by atoms with Crippen LogP contribution in [0, 0.1) is 11.6 Å². The summed E-state index contributed by atoms with van der Waals surface area (Å²) in [4.78, 5) is 0. The predicted octanol–water partition coefficient (Wildman–Crippen LogP) is 5.12. The van der Waals surface area contributed by atoms with E-state index in [4.69, 9.17) is 27.9 Å². The molecule has 0 heterocycles. The molecular weight excluding hydrogens is 389 g/mol. The van der Waals surface area contributed by atoms with Gasteiger partial charge >= 0.3 is 0 Å². The molecule has 0 spiro atoms. The first-order valence-corrected chi connectivity index (χ1v) is 7.25. The number of hydrogen-bond donors (Lipinski definition) is 1. The average Bonchev–Trinajstić information content (AvgIpc) is 2.39. The fourth-order valence-corrected chi connectivity index (χ4v) is 2.79. The molecule has 2 aromatic rings. The Labute approximate surface area is 138 Å². The van der Waals surface area contributed by atoms with E-state index < -0.39 is 23.3 Å². The summed E-state index contributed by atoms with van der Waals surface area (Å²) >= 11 is 14.9. The van der Waals surface area contributed by atoms with Gasteiger partial charge in [0.1, 0.15) is 23.5 Å². The van der Waals surface area contributed by atoms with Crippen molar-refractivity contribution in [2.45, 2.75) is 6.10 Å². The Morgan fingerprint density at radius 1 is 1.10 bits per heavy atom. The predicted molar refractivity (Wildman–Crippen MR) is 81.1 cm³/mol. The van der Waals surface area contributed by atoms with E-state index in [1.54, 1.807) is 0 Å². The molecule has 0 fully saturated rings. The number of halogens is 5. The highest BCUT2D eigenvalue weighted by atomic mass is 79.9. The fraction of sp³-hybridized carbons (Fsp3) is 0.143. The largest absolute Gasteiger partial charge is 0.495 e. The summed E-state index contributed by atoms with van der Waals surface area (Å²) in [6, 6.07) is 4.80. The van der Waals surface area contributed by atoms with Crippen molar-refractivity contribution in [1.82, 2.24) is 0 Å². The van der Waals surface area contributed by atoms with Crippen LogP contribution < -0.4 is 4.74 Å². The van der Waals surface area contributed by atoms with E-state index in [1.807, 2.05) is 0 Å². The molecule has 0 aromatic heterocycles. The van der Waals surface area contributed by atoms with Crippen LogP contribution in [-0.2, 0) is 0 Å². The second-order valence-electron chi connectivity index (χ2n) is 4.19. The molecule has 0 saturated carbocycles. The van der Waals surface area contributed by atoms with Crippen LogP contribution in [0.2, 0.25) is 10.0 Å². The Morgan fingerprint density at radius 2 is 1.67 bits per heavy atom. The minimum Gasteiger partial charge on any atom is -0.495 e. The number of aliphatic hydroxyl groups excluding tert-OH is 1. The topological polar surface area (TPSA) is 29.5 Å². The van der Waals surface area contributed by atoms with Gasteiger partial charge in [-0.05, 0) is 18.2 Å². The molecule has 0 aliphatic rings. The first-order valence-electron chi connectivity index (χ1n) is 5.70. The molecule has 7 heteroatoms. The monoisotopic (exact) mass is 396 g/mol. The molecule has 1 atom stereocenters. The molecule has 0 amide bonds. The minimum absolute atomic E-state index is 0.0857. The molecular formula is C14H9BrCl2F2O2. The smallest absolute Gasteiger partial charge is 0.138 e. The van der Waals surface area contributed by atoms with E-state index in [-0.39, 0.29) is 20.1 Å². The van der Waals surface area contributed by atoms with Crippen LogP contribution in [0.3, 0.4) is 0 Å². The number of methoxy groups -OCH3 is 1. The molecule has 0 saturated heterocycles. The van der Waals surface area contributed by atoms with Gasteiger partial charge in [-0.15, -0.1) is 0 Å². The zero-order valence-corrected chi connectivity index (χ0v) is 13.7. The third kappa shape index (κ3) is 3.31. The Balaban J connectivity index is 2.55. The quantitative estimate of drug-likeness (QED) is 0.778. The normalized spacial score (nSPS) is 12.3. The Morgan fingerprint density at radius 3 is 2.19 bits per heavy atom. The number of aliphatic hydroxyl groups is 1. The van der Waals surface area contributed by atoms with Gasteiger partial charge in [0.05, 0.1) is 22.7 Å². The zero-order chi connectivity index (χ0) is 15.7. The van der Waals surface area contributed by atoms with Gasteiger partial charge in [-0.3, -0.25) is 0 Å². The first-order chi connectivity index (χ1) is 9.85. The molecule has 0 radical (unpaired) electrons. The van der Waals surface area contributed by atoms with Gasteiger partial charge in [-0.25, -0.2) is 8.78 Å². The van der Waals surface area contributed by atoms with Crippen LogP contribution in [0.1, 0.15) is 17.2 Å². The van der Waals surface area contributed by atoms with Crippen LogP contribution in [0.5, 0.6) is 5.75 Å². The van der Waals surface area contributed by atoms with Gasteiger partial charge in [0.25, 0.3) is 0 Å². The number of benzene rings is 2. The average molecular weight is 398 g/mol. The van der Waals surface area contributed by atoms with Crippen LogP contribution in [0.15, 0.2) is 28.7 Å². The van der Waals surface area contributed by atoms with Crippen molar-refractivity contribution in [2.75, 3.05) is 7.11 Å². The van der Waals surface area contributed by atoms with Crippen molar-refractivity contribution in [3.8, 4) is 5.75 Å². The lowest BCUT2D eigenvalue weighted by Crippen LogP contribution is -2.07. The van der Waals surface area contributed by atoms with Crippen molar-refractivity contribution < 1.29 is 18.6 Å². The summed E-state index contributed by atoms with van der Waals surface area (Å²) in [6.45, 7) is 0. The lowest BCUT2D eigenvalue weighted by molar-refractivity contribution is 0.209. The molecule has 112 valence electrons. The van der Waals surface area contributed by atoms with Crippen molar-refractivity contribution >= 4 is 39.1 Å². The van der Waals surface area contributed by atoms with Gasteiger partial charge in [-0.2, -0.15) is 0 Å². The third-order valence-corrected chi connectivity index (χ3v) is 3.96. The molecule has 0 bridgehead atoms. The Kier molecular flexibility index (Phi) is 5.09. The van der Waals surface area contributed by atoms with Crippen molar-refractivity contribution in [2.24, 2.45) is 0 Å². The van der Waals surface area contributed by atoms with Crippen LogP contribution in [0.25, 0.3) is 0 Å². The summed E-state index contributed by atoms with van der Waals surface area (Å²) in [7, 11) is 1.40. The van der Waals surface area contributed by atoms with Crippen molar-refractivity contribution in [3.63, 3.8) is 0 Å². The minimum atomic E-state index is -1.59. The van der Waals surface area contributed by atoms with E-state index in [1.165, 1.54) is 19.2 Å². The molecule has 1 N–H and O–H groups in total. The van der Waals surface area contributed by atoms with Crippen molar-refractivity contribution in [3.05, 3.63) is 61.5 Å². The van der Waals surface area contributed by atoms with Crippen LogP contribution >= 0.6 is 39.1 Å². The van der Waals surface area contributed by atoms with Crippen molar-refractivity contribution in [1.29, 1.82) is 0 Å². The maximum absolute atomic E-state index is 13.9. The Bertz CT molecular complexity index is 672. The third-order valence-electron chi connectivity index (χ3n) is 2.88. The number of ether oxygens (including phenoxy) is 1. The van der Waals surface area contributed by atoms with E-state index >= 15 is 0 Å². The summed E-state index contributed by atoms with van der Waals surface area (Å²) in [5.74, 6) is -1.48. The summed E-state index contributed by atoms with van der Waals surface area (Å²) in [5.41, 5.74) is -0.413. The molecule has 2 aromatic carbocycles. The number of hydrogen-bond acceptors (Lipinski definition) is 2. The SMILES string of the molecule is COc1cc(Cl)c(C(O)c2c(F)cc(Br)cc2F)cc1Cl. The van der Waals surface area contributed by atoms with Crippen LogP contribution in [0.4, 0.5) is 8.78 Å². The Hall–Kier alpha value is -0.880. The van der Waals surface area contributed by atoms with Gasteiger partial charge < -0.3 is 9.84 Å². The van der Waals surface area contributed by atoms with Gasteiger partial charge in [0.2, 0.25) is 0 Å². The zero-order valence-electron chi connectivity index (χ0n) is 10.6. The second-order valence-corrected chi connectivity index (χ2v) is 5.92. The second kappa shape index (κ2) is 6.48. The highest BCUT2D eigenvalue weighted by Gasteiger charge is 2.23. The van der Waals surface area contributed by atoms with E-state index in [2.05, 4.69) is 15.9 Å². The summed E-state index contributed by atoms with van der Waals surface area (Å²) in [6.07, 6.45) is -1.59. The molecule has 0 aliphatic carbocycles. The molecule has 0 aliphatic heterocycles. The number of rotatable bonds is 3. The maximum Gasteiger partial charge on any atom is 0.138 e. The molecule has 2 nitrogen and oxygen atoms in total. The summed E-state index contributed by atoms with van der Waals surface area (Å²) < 4.78 is 33.0. The molecule has 2 rings (SSSR count). The first kappa shape index (κ1) is 16.5. The van der Waals surface area contributed by atoms with Gasteiger partial charge in [-0.1, -0.05) is 39.1 Å². The van der Waals surface area contributed by atoms with E-state index in [0.29, 0.717) is 5.75 Å². The van der Waals surface area contributed by atoms with Crippen LogP contribution in [-0.4, -0.2) is 12.2 Å². The molecule has 21 heavy (non-hydrogen) atoms. The van der Waals surface area contributed by atoms with Gasteiger partial charge in [0.15, 0.2) is 0 Å². The maximum atomic E-state index is 13.9.